The number of nitrogens with one attached hydrogen (secondary N) is 2. The molecule has 1 saturated heterocycles. The molecule has 0 spiro atoms. The summed E-state index contributed by atoms with van der Waals surface area (Å²) in [6.07, 6.45) is 3.57. The summed E-state index contributed by atoms with van der Waals surface area (Å²) in [7, 11) is 2.03. The number of allylic oxidation sites excluding steroid dienone is 1. The molecule has 1 atom stereocenters. The van der Waals surface area contributed by atoms with E-state index in [9.17, 15) is 14.4 Å². The molecule has 1 fully saturated rings. The van der Waals surface area contributed by atoms with Crippen molar-refractivity contribution in [2.24, 2.45) is 10.7 Å². The summed E-state index contributed by atoms with van der Waals surface area (Å²) in [4.78, 5) is 48.2. The molecule has 14 heteroatoms. The van der Waals surface area contributed by atoms with Crippen LogP contribution in [-0.2, 0) is 4.79 Å². The zero-order valence-corrected chi connectivity index (χ0v) is 26.6. The van der Waals surface area contributed by atoms with Crippen molar-refractivity contribution in [1.29, 1.82) is 0 Å². The van der Waals surface area contributed by atoms with Gasteiger partial charge in [0.05, 0.1) is 28.7 Å². The van der Waals surface area contributed by atoms with E-state index in [1.807, 2.05) is 33.0 Å². The summed E-state index contributed by atoms with van der Waals surface area (Å²) in [5.41, 5.74) is 8.58. The average Bonchev–Trinajstić information content (AvgIpc) is 3.41. The van der Waals surface area contributed by atoms with Crippen molar-refractivity contribution in [3.05, 3.63) is 78.8 Å². The van der Waals surface area contributed by atoms with Gasteiger partial charge >= 0.3 is 5.76 Å². The van der Waals surface area contributed by atoms with Crippen LogP contribution in [0.1, 0.15) is 49.3 Å². The Morgan fingerprint density at radius 3 is 2.56 bits per heavy atom. The van der Waals surface area contributed by atoms with E-state index < -0.39 is 11.4 Å². The molecule has 0 amide bonds. The van der Waals surface area contributed by atoms with Crippen LogP contribution in [0.2, 0.25) is 5.15 Å². The minimum Gasteiger partial charge on any atom is -0.455 e. The monoisotopic (exact) mass is 637 g/mol. The maximum Gasteiger partial charge on any atom is 0.439 e. The van der Waals surface area contributed by atoms with E-state index in [-0.39, 0.29) is 28.5 Å². The number of fused-ring (bicyclic) bond motifs is 1. The topological polar surface area (TPSA) is 193 Å². The number of anilines is 1. The van der Waals surface area contributed by atoms with Crippen LogP contribution in [0, 0.1) is 13.8 Å². The predicted molar refractivity (Wildman–Crippen MR) is 174 cm³/mol. The predicted octanol–water partition coefficient (Wildman–Crippen LogP) is 3.62. The van der Waals surface area contributed by atoms with Crippen LogP contribution in [0.3, 0.4) is 0 Å². The average molecular weight is 638 g/mol. The second-order valence-corrected chi connectivity index (χ2v) is 11.9. The summed E-state index contributed by atoms with van der Waals surface area (Å²) in [5, 5.41) is 16.3. The molecule has 1 aliphatic rings. The Morgan fingerprint density at radius 2 is 1.98 bits per heavy atom. The van der Waals surface area contributed by atoms with Crippen molar-refractivity contribution in [1.82, 2.24) is 20.0 Å². The number of aliphatic imine (C=N–C) groups is 1. The van der Waals surface area contributed by atoms with Crippen molar-refractivity contribution < 1.29 is 18.8 Å². The lowest BCUT2D eigenvalue weighted by atomic mass is 9.99. The van der Waals surface area contributed by atoms with Crippen LogP contribution in [0.25, 0.3) is 28.1 Å². The number of aliphatic hydroxyl groups is 1. The number of carbonyl (C=O) groups excluding carboxylic acids is 1. The van der Waals surface area contributed by atoms with Gasteiger partial charge in [-0.25, -0.2) is 9.78 Å². The number of hydrogen-bond donors (Lipinski definition) is 4. The van der Waals surface area contributed by atoms with Gasteiger partial charge in [-0.05, 0) is 65.4 Å². The van der Waals surface area contributed by atoms with Gasteiger partial charge in [0.15, 0.2) is 11.7 Å². The largest absolute Gasteiger partial charge is 0.455 e. The van der Waals surface area contributed by atoms with Crippen LogP contribution in [-0.4, -0.2) is 69.4 Å². The molecule has 238 valence electrons. The molecule has 13 nitrogen and oxygen atoms in total. The van der Waals surface area contributed by atoms with Gasteiger partial charge in [-0.1, -0.05) is 22.8 Å². The molecule has 0 saturated carbocycles. The van der Waals surface area contributed by atoms with Gasteiger partial charge < -0.3 is 30.3 Å². The number of rotatable bonds is 8. The maximum atomic E-state index is 13.5. The molecule has 1 unspecified atom stereocenters. The van der Waals surface area contributed by atoms with Gasteiger partial charge in [-0.15, -0.1) is 0 Å². The number of aromatic nitrogens is 3. The number of halogens is 1. The lowest BCUT2D eigenvalue weighted by Crippen LogP contribution is -2.46. The van der Waals surface area contributed by atoms with Crippen molar-refractivity contribution in [2.75, 3.05) is 25.5 Å². The first-order valence-electron chi connectivity index (χ1n) is 14.1. The fourth-order valence-corrected chi connectivity index (χ4v) is 4.81. The van der Waals surface area contributed by atoms with Crippen LogP contribution >= 0.6 is 11.6 Å². The number of H-pyrrole nitrogens is 1. The Labute approximate surface area is 263 Å². The molecule has 1 aromatic carbocycles. The minimum absolute atomic E-state index is 0.130. The lowest BCUT2D eigenvalue weighted by Gasteiger charge is -2.33. The zero-order valence-electron chi connectivity index (χ0n) is 25.8. The van der Waals surface area contributed by atoms with Crippen LogP contribution in [0.15, 0.2) is 54.0 Å². The lowest BCUT2D eigenvalue weighted by molar-refractivity contribution is -0.120. The van der Waals surface area contributed by atoms with Gasteiger partial charge in [0.1, 0.15) is 27.8 Å². The van der Waals surface area contributed by atoms with E-state index in [1.165, 1.54) is 20.0 Å². The quantitative estimate of drug-likeness (QED) is 0.125. The number of aryl methyl sites for hydroxylation is 1. The fourth-order valence-electron chi connectivity index (χ4n) is 4.66. The first kappa shape index (κ1) is 33.3. The molecule has 45 heavy (non-hydrogen) atoms. The third kappa shape index (κ3) is 7.93. The number of aldehydes is 1. The molecule has 5 N–H and O–H groups in total. The van der Waals surface area contributed by atoms with Gasteiger partial charge in [0.25, 0.3) is 0 Å². The molecule has 4 heterocycles. The van der Waals surface area contributed by atoms with E-state index in [1.54, 1.807) is 25.3 Å². The number of aromatic amines is 1. The Kier molecular flexibility index (Phi) is 10.1. The molecule has 1 aliphatic heterocycles. The summed E-state index contributed by atoms with van der Waals surface area (Å²) in [5.74, 6) is -0.208. The first-order chi connectivity index (χ1) is 21.2. The second kappa shape index (κ2) is 13.6. The number of nitrogens with two attached hydrogens (primary N) is 1. The van der Waals surface area contributed by atoms with Gasteiger partial charge in [0, 0.05) is 36.6 Å². The van der Waals surface area contributed by atoms with E-state index in [4.69, 9.17) is 26.9 Å². The third-order valence-electron chi connectivity index (χ3n) is 6.96. The Bertz CT molecular complexity index is 1880. The summed E-state index contributed by atoms with van der Waals surface area (Å²) in [6, 6.07) is 6.92. The molecule has 0 aliphatic carbocycles. The minimum atomic E-state index is -1.14. The van der Waals surface area contributed by atoms with Gasteiger partial charge in [-0.3, -0.25) is 19.3 Å². The molecule has 5 rings (SSSR count). The normalized spacial score (nSPS) is 15.1. The molecule has 0 radical (unpaired) electrons. The zero-order chi connectivity index (χ0) is 33.1. The summed E-state index contributed by atoms with van der Waals surface area (Å²) < 4.78 is 11.1. The SMILES string of the molecule is CC(C)(O)C=O.Cc1cc(C(C)Nc2ccc(Cl)nc2-c2noc(=O)[nH]2)c2oc(/C(C=NC3CN(C)C3)=C/N)c(C)c(=O)c2c1. The number of benzene rings is 1. The highest BCUT2D eigenvalue weighted by atomic mass is 35.5. The highest BCUT2D eigenvalue weighted by Gasteiger charge is 2.23. The van der Waals surface area contributed by atoms with Crippen molar-refractivity contribution >= 4 is 46.3 Å². The molecular formula is C31H36ClN7O6. The van der Waals surface area contributed by atoms with E-state index in [0.717, 1.165) is 24.2 Å². The van der Waals surface area contributed by atoms with Crippen molar-refractivity contribution in [2.45, 2.75) is 52.3 Å². The summed E-state index contributed by atoms with van der Waals surface area (Å²) in [6.45, 7) is 10.2. The second-order valence-electron chi connectivity index (χ2n) is 11.5. The van der Waals surface area contributed by atoms with Gasteiger partial charge in [-0.2, -0.15) is 0 Å². The number of hydrogen-bond acceptors (Lipinski definition) is 12. The summed E-state index contributed by atoms with van der Waals surface area (Å²) >= 11 is 6.12. The van der Waals surface area contributed by atoms with E-state index >= 15 is 0 Å². The molecule has 0 bridgehead atoms. The Morgan fingerprint density at radius 1 is 1.29 bits per heavy atom. The fraction of sp³-hybridized carbons (Fsp3) is 0.355. The molecular weight excluding hydrogens is 602 g/mol. The Balaban J connectivity index is 0.000000700. The number of pyridine rings is 1. The highest BCUT2D eigenvalue weighted by molar-refractivity contribution is 6.29. The smallest absolute Gasteiger partial charge is 0.439 e. The van der Waals surface area contributed by atoms with Crippen LogP contribution in [0.5, 0.6) is 0 Å². The Hall–Kier alpha value is -4.59. The number of likely N-dealkylation sites (N-methyl/N-ethyl adjacent to an activating group) is 1. The number of likely N-dealkylation sites (tertiary alicyclic amines) is 1. The van der Waals surface area contributed by atoms with E-state index in [0.29, 0.717) is 45.5 Å². The van der Waals surface area contributed by atoms with Crippen molar-refractivity contribution in [3.8, 4) is 11.5 Å². The van der Waals surface area contributed by atoms with E-state index in [2.05, 4.69) is 34.9 Å². The van der Waals surface area contributed by atoms with Crippen molar-refractivity contribution in [3.63, 3.8) is 0 Å². The maximum absolute atomic E-state index is 13.5. The van der Waals surface area contributed by atoms with Gasteiger partial charge in [0.2, 0.25) is 5.82 Å². The first-order valence-corrected chi connectivity index (χ1v) is 14.5. The number of nitrogens with zero attached hydrogens (tertiary/aromatic N) is 4. The van der Waals surface area contributed by atoms with Crippen LogP contribution < -0.4 is 22.2 Å². The standard InChI is InChI=1S/C27H28ClN7O4.C4H8O2/c1-13-7-18(15(3)31-20-5-6-21(28)32-22(20)26-33-27(37)39-34-26)25-19(8-13)23(36)14(2)24(38-25)16(9-29)10-30-17-11-35(4)12-17;1-4(2,6)3-5/h5-10,15,17,31H,11-12,29H2,1-4H3,(H,33,34,37);3,6H,1-2H3/b16-9+,30-10?;. The number of carbonyl (C=O) groups is 1. The molecule has 4 aromatic rings. The van der Waals surface area contributed by atoms with Crippen LogP contribution in [0.4, 0.5) is 5.69 Å². The molecule has 3 aromatic heterocycles. The third-order valence-corrected chi connectivity index (χ3v) is 7.17. The highest BCUT2D eigenvalue weighted by Crippen LogP contribution is 2.33.